The quantitative estimate of drug-likeness (QED) is 0.805. The van der Waals surface area contributed by atoms with Crippen molar-refractivity contribution in [1.82, 2.24) is 5.32 Å². The standard InChI is InChI=1S/C18H29NO2/c1-3-21-17-9-7-16(8-10-17)15(2)19-13-18(14-20)11-5-4-6-12-18/h7-10,15,19-20H,3-6,11-14H2,1-2H3. The van der Waals surface area contributed by atoms with Crippen LogP contribution >= 0.6 is 0 Å². The summed E-state index contributed by atoms with van der Waals surface area (Å²) >= 11 is 0. The fourth-order valence-corrected chi connectivity index (χ4v) is 3.20. The number of rotatable bonds is 7. The smallest absolute Gasteiger partial charge is 0.119 e. The molecule has 2 N–H and O–H groups in total. The monoisotopic (exact) mass is 291 g/mol. The fourth-order valence-electron chi connectivity index (χ4n) is 3.20. The first-order chi connectivity index (χ1) is 10.2. The lowest BCUT2D eigenvalue weighted by Gasteiger charge is -2.36. The van der Waals surface area contributed by atoms with E-state index in [0.717, 1.165) is 25.1 Å². The van der Waals surface area contributed by atoms with Gasteiger partial charge in [-0.2, -0.15) is 0 Å². The zero-order chi connectivity index (χ0) is 15.1. The van der Waals surface area contributed by atoms with Crippen molar-refractivity contribution in [2.24, 2.45) is 5.41 Å². The zero-order valence-corrected chi connectivity index (χ0v) is 13.4. The van der Waals surface area contributed by atoms with Crippen LogP contribution in [0.1, 0.15) is 57.6 Å². The molecule has 0 aliphatic heterocycles. The van der Waals surface area contributed by atoms with Gasteiger partial charge >= 0.3 is 0 Å². The molecule has 1 aliphatic rings. The molecular formula is C18H29NO2. The van der Waals surface area contributed by atoms with Crippen LogP contribution in [0.25, 0.3) is 0 Å². The number of nitrogens with one attached hydrogen (secondary N) is 1. The predicted molar refractivity (Wildman–Crippen MR) is 86.6 cm³/mol. The topological polar surface area (TPSA) is 41.5 Å². The maximum Gasteiger partial charge on any atom is 0.119 e. The summed E-state index contributed by atoms with van der Waals surface area (Å²) in [4.78, 5) is 0. The van der Waals surface area contributed by atoms with E-state index in [9.17, 15) is 5.11 Å². The van der Waals surface area contributed by atoms with Crippen LogP contribution in [0.5, 0.6) is 5.75 Å². The van der Waals surface area contributed by atoms with Crippen molar-refractivity contribution < 1.29 is 9.84 Å². The van der Waals surface area contributed by atoms with Gasteiger partial charge in [0.1, 0.15) is 5.75 Å². The van der Waals surface area contributed by atoms with E-state index in [0.29, 0.717) is 19.3 Å². The van der Waals surface area contributed by atoms with E-state index in [1.54, 1.807) is 0 Å². The normalized spacial score (nSPS) is 19.2. The summed E-state index contributed by atoms with van der Waals surface area (Å²) in [7, 11) is 0. The number of ether oxygens (including phenoxy) is 1. The van der Waals surface area contributed by atoms with Crippen molar-refractivity contribution in [1.29, 1.82) is 0 Å². The molecule has 1 fully saturated rings. The highest BCUT2D eigenvalue weighted by Crippen LogP contribution is 2.35. The third-order valence-electron chi connectivity index (χ3n) is 4.72. The van der Waals surface area contributed by atoms with Gasteiger partial charge in [-0.15, -0.1) is 0 Å². The Morgan fingerprint density at radius 2 is 1.86 bits per heavy atom. The molecule has 0 bridgehead atoms. The lowest BCUT2D eigenvalue weighted by molar-refractivity contribution is 0.0789. The molecule has 2 rings (SSSR count). The maximum atomic E-state index is 9.76. The predicted octanol–water partition coefficient (Wildman–Crippen LogP) is 3.68. The molecule has 0 heterocycles. The maximum absolute atomic E-state index is 9.76. The molecular weight excluding hydrogens is 262 g/mol. The van der Waals surface area contributed by atoms with E-state index in [-0.39, 0.29) is 5.41 Å². The van der Waals surface area contributed by atoms with Gasteiger partial charge in [0.15, 0.2) is 0 Å². The largest absolute Gasteiger partial charge is 0.494 e. The summed E-state index contributed by atoms with van der Waals surface area (Å²) in [5.41, 5.74) is 1.36. The molecule has 0 aromatic heterocycles. The number of benzene rings is 1. The average molecular weight is 291 g/mol. The fraction of sp³-hybridized carbons (Fsp3) is 0.667. The summed E-state index contributed by atoms with van der Waals surface area (Å²) in [6, 6.07) is 8.59. The Kier molecular flexibility index (Phi) is 6.07. The molecule has 0 spiro atoms. The van der Waals surface area contributed by atoms with Gasteiger partial charge in [0, 0.05) is 24.6 Å². The van der Waals surface area contributed by atoms with Crippen LogP contribution in [0.3, 0.4) is 0 Å². The highest BCUT2D eigenvalue weighted by atomic mass is 16.5. The van der Waals surface area contributed by atoms with E-state index in [4.69, 9.17) is 4.74 Å². The van der Waals surface area contributed by atoms with Gasteiger partial charge < -0.3 is 15.2 Å². The molecule has 1 aliphatic carbocycles. The van der Waals surface area contributed by atoms with Crippen molar-refractivity contribution in [2.75, 3.05) is 19.8 Å². The van der Waals surface area contributed by atoms with Crippen molar-refractivity contribution in [3.05, 3.63) is 29.8 Å². The van der Waals surface area contributed by atoms with Gasteiger partial charge in [-0.05, 0) is 44.4 Å². The molecule has 3 nitrogen and oxygen atoms in total. The van der Waals surface area contributed by atoms with Crippen molar-refractivity contribution >= 4 is 0 Å². The van der Waals surface area contributed by atoms with Crippen LogP contribution in [0.15, 0.2) is 24.3 Å². The first-order valence-corrected chi connectivity index (χ1v) is 8.26. The molecule has 1 unspecified atom stereocenters. The van der Waals surface area contributed by atoms with E-state index in [1.807, 2.05) is 19.1 Å². The minimum absolute atomic E-state index is 0.0950. The van der Waals surface area contributed by atoms with Crippen LogP contribution in [-0.4, -0.2) is 24.9 Å². The number of aliphatic hydroxyl groups is 1. The van der Waals surface area contributed by atoms with Gasteiger partial charge in [-0.25, -0.2) is 0 Å². The minimum atomic E-state index is 0.0950. The Hall–Kier alpha value is -1.06. The number of hydrogen-bond donors (Lipinski definition) is 2. The van der Waals surface area contributed by atoms with Crippen molar-refractivity contribution in [2.45, 2.75) is 52.0 Å². The molecule has 1 aromatic carbocycles. The molecule has 3 heteroatoms. The lowest BCUT2D eigenvalue weighted by atomic mass is 9.74. The number of hydrogen-bond acceptors (Lipinski definition) is 3. The molecule has 1 aromatic rings. The van der Waals surface area contributed by atoms with Crippen LogP contribution in [0.4, 0.5) is 0 Å². The second kappa shape index (κ2) is 7.81. The summed E-state index contributed by atoms with van der Waals surface area (Å²) in [6.45, 7) is 6.08. The molecule has 21 heavy (non-hydrogen) atoms. The number of aliphatic hydroxyl groups excluding tert-OH is 1. The molecule has 1 atom stereocenters. The van der Waals surface area contributed by atoms with Gasteiger partial charge in [-0.3, -0.25) is 0 Å². The molecule has 0 saturated heterocycles. The third kappa shape index (κ3) is 4.45. The molecule has 118 valence electrons. The Morgan fingerprint density at radius 1 is 1.19 bits per heavy atom. The Balaban J connectivity index is 1.89. The summed E-state index contributed by atoms with van der Waals surface area (Å²) in [6.07, 6.45) is 6.11. The van der Waals surface area contributed by atoms with E-state index in [2.05, 4.69) is 24.4 Å². The second-order valence-corrected chi connectivity index (χ2v) is 6.32. The zero-order valence-electron chi connectivity index (χ0n) is 13.4. The SMILES string of the molecule is CCOc1ccc(C(C)NCC2(CO)CCCCC2)cc1. The van der Waals surface area contributed by atoms with Crippen LogP contribution in [0.2, 0.25) is 0 Å². The highest BCUT2D eigenvalue weighted by Gasteiger charge is 2.31. The highest BCUT2D eigenvalue weighted by molar-refractivity contribution is 5.28. The van der Waals surface area contributed by atoms with Gasteiger partial charge in [0.25, 0.3) is 0 Å². The minimum Gasteiger partial charge on any atom is -0.494 e. The summed E-state index contributed by atoms with van der Waals surface area (Å²) < 4.78 is 5.48. The summed E-state index contributed by atoms with van der Waals surface area (Å²) in [5.74, 6) is 0.924. The van der Waals surface area contributed by atoms with E-state index >= 15 is 0 Å². The Morgan fingerprint density at radius 3 is 2.43 bits per heavy atom. The van der Waals surface area contributed by atoms with Crippen molar-refractivity contribution in [3.8, 4) is 5.75 Å². The van der Waals surface area contributed by atoms with Crippen LogP contribution in [0, 0.1) is 5.41 Å². The van der Waals surface area contributed by atoms with Crippen molar-refractivity contribution in [3.63, 3.8) is 0 Å². The van der Waals surface area contributed by atoms with E-state index < -0.39 is 0 Å². The lowest BCUT2D eigenvalue weighted by Crippen LogP contribution is -2.39. The molecule has 0 radical (unpaired) electrons. The van der Waals surface area contributed by atoms with Gasteiger partial charge in [0.05, 0.1) is 6.61 Å². The first kappa shape index (κ1) is 16.3. The van der Waals surface area contributed by atoms with Crippen LogP contribution < -0.4 is 10.1 Å². The van der Waals surface area contributed by atoms with E-state index in [1.165, 1.54) is 24.8 Å². The third-order valence-corrected chi connectivity index (χ3v) is 4.72. The van der Waals surface area contributed by atoms with Gasteiger partial charge in [-0.1, -0.05) is 31.4 Å². The summed E-state index contributed by atoms with van der Waals surface area (Å²) in [5, 5.41) is 13.4. The molecule has 0 amide bonds. The second-order valence-electron chi connectivity index (χ2n) is 6.32. The Labute approximate surface area is 128 Å². The van der Waals surface area contributed by atoms with Gasteiger partial charge in [0.2, 0.25) is 0 Å². The first-order valence-electron chi connectivity index (χ1n) is 8.26. The Bertz CT molecular complexity index is 410. The average Bonchev–Trinajstić information content (AvgIpc) is 2.54. The van der Waals surface area contributed by atoms with Crippen LogP contribution in [-0.2, 0) is 0 Å². The molecule has 1 saturated carbocycles.